The molecule has 1 unspecified atom stereocenters. The van der Waals surface area contributed by atoms with Gasteiger partial charge in [-0.05, 0) is 12.3 Å². The van der Waals surface area contributed by atoms with Gasteiger partial charge in [-0.1, -0.05) is 23.8 Å². The van der Waals surface area contributed by atoms with Gasteiger partial charge in [0.25, 0.3) is 0 Å². The average Bonchev–Trinajstić information content (AvgIpc) is 2.33. The fraction of sp³-hybridized carbons (Fsp3) is 0.500. The van der Waals surface area contributed by atoms with E-state index >= 15 is 0 Å². The number of thioether (sulfide) groups is 1. The highest BCUT2D eigenvalue weighted by atomic mass is 32.2. The molecule has 1 heterocycles. The van der Waals surface area contributed by atoms with Crippen molar-refractivity contribution in [3.8, 4) is 0 Å². The van der Waals surface area contributed by atoms with Gasteiger partial charge < -0.3 is 0 Å². The van der Waals surface area contributed by atoms with E-state index in [1.807, 2.05) is 0 Å². The predicted molar refractivity (Wildman–Crippen MR) is 42.7 cm³/mol. The third-order valence-electron chi connectivity index (χ3n) is 1.98. The van der Waals surface area contributed by atoms with Crippen molar-refractivity contribution in [3.05, 3.63) is 23.8 Å². The van der Waals surface area contributed by atoms with Crippen molar-refractivity contribution in [1.82, 2.24) is 0 Å². The van der Waals surface area contributed by atoms with E-state index in [4.69, 9.17) is 0 Å². The Bertz CT molecular complexity index is 167. The van der Waals surface area contributed by atoms with E-state index in [-0.39, 0.29) is 0 Å². The molecule has 1 saturated heterocycles. The third kappa shape index (κ3) is 0.940. The van der Waals surface area contributed by atoms with E-state index in [9.17, 15) is 0 Å². The lowest BCUT2D eigenvalue weighted by molar-refractivity contribution is 0.719. The van der Waals surface area contributed by atoms with Gasteiger partial charge >= 0.3 is 0 Å². The van der Waals surface area contributed by atoms with Crippen LogP contribution >= 0.6 is 11.8 Å². The van der Waals surface area contributed by atoms with Crippen LogP contribution in [0, 0.1) is 5.92 Å². The summed E-state index contributed by atoms with van der Waals surface area (Å²) in [4.78, 5) is 0. The summed E-state index contributed by atoms with van der Waals surface area (Å²) in [7, 11) is 0. The smallest absolute Gasteiger partial charge is 0.0149 e. The van der Waals surface area contributed by atoms with Crippen molar-refractivity contribution in [1.29, 1.82) is 0 Å². The fourth-order valence-electron chi connectivity index (χ4n) is 1.38. The third-order valence-corrected chi connectivity index (χ3v) is 3.15. The summed E-state index contributed by atoms with van der Waals surface area (Å²) in [6.45, 7) is 0. The van der Waals surface area contributed by atoms with E-state index in [0.717, 1.165) is 5.92 Å². The quantitative estimate of drug-likeness (QED) is 0.494. The topological polar surface area (TPSA) is 0 Å². The second kappa shape index (κ2) is 2.22. The molecule has 0 saturated carbocycles. The van der Waals surface area contributed by atoms with E-state index in [0.29, 0.717) is 0 Å². The van der Waals surface area contributed by atoms with Crippen LogP contribution in [0.25, 0.3) is 0 Å². The molecule has 0 radical (unpaired) electrons. The van der Waals surface area contributed by atoms with Crippen LogP contribution < -0.4 is 0 Å². The molecule has 0 aromatic carbocycles. The van der Waals surface area contributed by atoms with Crippen molar-refractivity contribution >= 4 is 11.8 Å². The molecule has 2 aliphatic rings. The molecule has 0 aromatic heterocycles. The standard InChI is InChI=1S/C8H10S/c1-2-4-8-6-9-5-7(8)3-1/h1-3,8H,4-6H2. The molecule has 0 spiro atoms. The molecule has 1 aliphatic carbocycles. The molecule has 0 amide bonds. The zero-order chi connectivity index (χ0) is 6.10. The summed E-state index contributed by atoms with van der Waals surface area (Å²) in [6, 6.07) is 0. The van der Waals surface area contributed by atoms with Gasteiger partial charge in [-0.2, -0.15) is 11.8 Å². The van der Waals surface area contributed by atoms with Crippen molar-refractivity contribution in [2.24, 2.45) is 5.92 Å². The maximum Gasteiger partial charge on any atom is 0.0149 e. The number of hydrogen-bond acceptors (Lipinski definition) is 1. The maximum absolute atomic E-state index is 2.29. The Hall–Kier alpha value is -0.170. The molecular formula is C8H10S. The van der Waals surface area contributed by atoms with Crippen molar-refractivity contribution in [2.45, 2.75) is 6.42 Å². The summed E-state index contributed by atoms with van der Waals surface area (Å²) in [5.41, 5.74) is 1.67. The average molecular weight is 138 g/mol. The van der Waals surface area contributed by atoms with Crippen LogP contribution in [0.2, 0.25) is 0 Å². The first-order valence-corrected chi connectivity index (χ1v) is 4.55. The highest BCUT2D eigenvalue weighted by Crippen LogP contribution is 2.33. The maximum atomic E-state index is 2.29. The van der Waals surface area contributed by atoms with Crippen molar-refractivity contribution < 1.29 is 0 Å². The molecule has 0 aromatic rings. The lowest BCUT2D eigenvalue weighted by atomic mass is 9.95. The fourth-order valence-corrected chi connectivity index (χ4v) is 2.70. The first-order chi connectivity index (χ1) is 4.47. The van der Waals surface area contributed by atoms with Gasteiger partial charge in [0.05, 0.1) is 0 Å². The van der Waals surface area contributed by atoms with Gasteiger partial charge in [-0.3, -0.25) is 0 Å². The molecule has 9 heavy (non-hydrogen) atoms. The molecule has 0 bridgehead atoms. The summed E-state index contributed by atoms with van der Waals surface area (Å²) in [5, 5.41) is 0. The lowest BCUT2D eigenvalue weighted by Gasteiger charge is -2.09. The highest BCUT2D eigenvalue weighted by Gasteiger charge is 2.20. The predicted octanol–water partition coefficient (Wildman–Crippen LogP) is 2.24. The van der Waals surface area contributed by atoms with Crippen LogP contribution in [-0.4, -0.2) is 11.5 Å². The monoisotopic (exact) mass is 138 g/mol. The zero-order valence-electron chi connectivity index (χ0n) is 5.34. The van der Waals surface area contributed by atoms with Crippen LogP contribution in [-0.2, 0) is 0 Å². The molecule has 2 rings (SSSR count). The van der Waals surface area contributed by atoms with Crippen LogP contribution in [0.1, 0.15) is 6.42 Å². The minimum atomic E-state index is 0.903. The van der Waals surface area contributed by atoms with Crippen LogP contribution in [0.4, 0.5) is 0 Å². The number of rotatable bonds is 0. The SMILES string of the molecule is C1=CCC2CSCC2=C1. The van der Waals surface area contributed by atoms with E-state index in [1.165, 1.54) is 17.9 Å². The number of hydrogen-bond donors (Lipinski definition) is 0. The van der Waals surface area contributed by atoms with Gasteiger partial charge in [0.2, 0.25) is 0 Å². The van der Waals surface area contributed by atoms with E-state index in [1.54, 1.807) is 5.57 Å². The summed E-state index contributed by atoms with van der Waals surface area (Å²) < 4.78 is 0. The Morgan fingerprint density at radius 3 is 3.44 bits per heavy atom. The second-order valence-corrected chi connectivity index (χ2v) is 3.65. The Balaban J connectivity index is 2.23. The number of fused-ring (bicyclic) bond motifs is 1. The first kappa shape index (κ1) is 5.60. The Morgan fingerprint density at radius 2 is 2.56 bits per heavy atom. The largest absolute Gasteiger partial charge is 0.157 e. The highest BCUT2D eigenvalue weighted by molar-refractivity contribution is 7.99. The second-order valence-electron chi connectivity index (χ2n) is 2.62. The molecule has 1 atom stereocenters. The van der Waals surface area contributed by atoms with Crippen molar-refractivity contribution in [3.63, 3.8) is 0 Å². The van der Waals surface area contributed by atoms with Gasteiger partial charge in [0.15, 0.2) is 0 Å². The number of allylic oxidation sites excluding steroid dienone is 3. The van der Waals surface area contributed by atoms with E-state index in [2.05, 4.69) is 30.0 Å². The molecule has 48 valence electrons. The molecule has 1 fully saturated rings. The zero-order valence-corrected chi connectivity index (χ0v) is 6.16. The Labute approximate surface area is 60.0 Å². The summed E-state index contributed by atoms with van der Waals surface area (Å²) >= 11 is 2.07. The Morgan fingerprint density at radius 1 is 1.56 bits per heavy atom. The van der Waals surface area contributed by atoms with Gasteiger partial charge in [0.1, 0.15) is 0 Å². The van der Waals surface area contributed by atoms with E-state index < -0.39 is 0 Å². The van der Waals surface area contributed by atoms with Gasteiger partial charge in [-0.25, -0.2) is 0 Å². The minimum absolute atomic E-state index is 0.903. The van der Waals surface area contributed by atoms with Crippen molar-refractivity contribution in [2.75, 3.05) is 11.5 Å². The van der Waals surface area contributed by atoms with Crippen LogP contribution in [0.15, 0.2) is 23.8 Å². The Kier molecular flexibility index (Phi) is 1.38. The summed E-state index contributed by atoms with van der Waals surface area (Å²) in [6.07, 6.45) is 8.05. The summed E-state index contributed by atoms with van der Waals surface area (Å²) in [5.74, 6) is 3.55. The molecule has 1 heteroatoms. The molecule has 0 nitrogen and oxygen atoms in total. The first-order valence-electron chi connectivity index (χ1n) is 3.40. The normalized spacial score (nSPS) is 32.0. The molecule has 0 N–H and O–H groups in total. The van der Waals surface area contributed by atoms with Crippen LogP contribution in [0.5, 0.6) is 0 Å². The van der Waals surface area contributed by atoms with Crippen LogP contribution in [0.3, 0.4) is 0 Å². The molecule has 1 aliphatic heterocycles. The minimum Gasteiger partial charge on any atom is -0.157 e. The van der Waals surface area contributed by atoms with Gasteiger partial charge in [0, 0.05) is 11.5 Å². The molecular weight excluding hydrogens is 128 g/mol. The van der Waals surface area contributed by atoms with Gasteiger partial charge in [-0.15, -0.1) is 0 Å². The lowest BCUT2D eigenvalue weighted by Crippen LogP contribution is -2.01.